The lowest BCUT2D eigenvalue weighted by Gasteiger charge is -2.16. The molecule has 1 aromatic heterocycles. The molecule has 0 spiro atoms. The van der Waals surface area contributed by atoms with Crippen molar-refractivity contribution in [3.8, 4) is 16.8 Å². The number of hydrogen-bond donors (Lipinski definition) is 1. The van der Waals surface area contributed by atoms with E-state index in [1.807, 2.05) is 6.07 Å². The second-order valence-electron chi connectivity index (χ2n) is 9.66. The van der Waals surface area contributed by atoms with Gasteiger partial charge in [0.05, 0.1) is 16.7 Å². The minimum atomic E-state index is 0.808. The van der Waals surface area contributed by atoms with Crippen molar-refractivity contribution in [1.82, 2.24) is 14.9 Å². The SMILES string of the molecule is C1=CCNC(c2nc3ccccc3n2-c2ccc(-c3ccc4ccc5cccc6ccc3c4c56)cc2)=C1. The Labute approximate surface area is 214 Å². The number of fused-ring (bicyclic) bond motifs is 1. The lowest BCUT2D eigenvalue weighted by molar-refractivity contribution is 0.940. The average Bonchev–Trinajstić information content (AvgIpc) is 3.36. The van der Waals surface area contributed by atoms with Gasteiger partial charge in [-0.1, -0.05) is 91.0 Å². The third-order valence-electron chi connectivity index (χ3n) is 7.58. The number of imidazole rings is 1. The molecule has 1 aliphatic rings. The van der Waals surface area contributed by atoms with Crippen LogP contribution in [0.5, 0.6) is 0 Å². The van der Waals surface area contributed by atoms with Crippen LogP contribution in [-0.4, -0.2) is 16.1 Å². The number of benzene rings is 6. The van der Waals surface area contributed by atoms with E-state index in [-0.39, 0.29) is 0 Å². The minimum Gasteiger partial charge on any atom is -0.379 e. The Kier molecular flexibility index (Phi) is 4.29. The first kappa shape index (κ1) is 20.3. The smallest absolute Gasteiger partial charge is 0.161 e. The van der Waals surface area contributed by atoms with Crippen LogP contribution in [0.25, 0.3) is 65.9 Å². The maximum absolute atomic E-state index is 4.98. The zero-order chi connectivity index (χ0) is 24.3. The van der Waals surface area contributed by atoms with Gasteiger partial charge in [-0.05, 0) is 73.8 Å². The zero-order valence-corrected chi connectivity index (χ0v) is 20.1. The van der Waals surface area contributed by atoms with Crippen LogP contribution in [0, 0.1) is 0 Å². The molecule has 0 fully saturated rings. The molecular formula is C34H23N3. The van der Waals surface area contributed by atoms with E-state index in [1.54, 1.807) is 0 Å². The first-order valence-electron chi connectivity index (χ1n) is 12.7. The summed E-state index contributed by atoms with van der Waals surface area (Å²) in [6.07, 6.45) is 6.30. The highest BCUT2D eigenvalue weighted by Gasteiger charge is 2.17. The van der Waals surface area contributed by atoms with E-state index < -0.39 is 0 Å². The lowest BCUT2D eigenvalue weighted by atomic mass is 9.90. The monoisotopic (exact) mass is 473 g/mol. The van der Waals surface area contributed by atoms with Gasteiger partial charge in [0.2, 0.25) is 0 Å². The number of aromatic nitrogens is 2. The van der Waals surface area contributed by atoms with Crippen molar-refractivity contribution in [1.29, 1.82) is 0 Å². The van der Waals surface area contributed by atoms with Gasteiger partial charge in [0.15, 0.2) is 5.82 Å². The van der Waals surface area contributed by atoms with Crippen LogP contribution in [-0.2, 0) is 0 Å². The first-order valence-corrected chi connectivity index (χ1v) is 12.7. The van der Waals surface area contributed by atoms with E-state index in [1.165, 1.54) is 43.4 Å². The Balaban J connectivity index is 1.30. The second kappa shape index (κ2) is 7.81. The Bertz CT molecular complexity index is 2010. The van der Waals surface area contributed by atoms with E-state index in [0.717, 1.165) is 34.8 Å². The molecule has 0 bridgehead atoms. The Morgan fingerprint density at radius 2 is 1.43 bits per heavy atom. The fourth-order valence-corrected chi connectivity index (χ4v) is 5.86. The molecule has 1 aliphatic heterocycles. The molecule has 0 aliphatic carbocycles. The van der Waals surface area contributed by atoms with E-state index >= 15 is 0 Å². The van der Waals surface area contributed by atoms with Crippen molar-refractivity contribution in [2.24, 2.45) is 0 Å². The molecule has 2 heterocycles. The van der Waals surface area contributed by atoms with Gasteiger partial charge in [-0.2, -0.15) is 0 Å². The standard InChI is InChI=1S/C34H23N3/c1-2-10-31-29(8-1)36-34(30-9-3-4-21-35-30)37(31)26-17-13-22(14-18-26)27-19-15-25-12-11-23-6-5-7-24-16-20-28(27)33(25)32(23)24/h1-20,35H,21H2. The fourth-order valence-electron chi connectivity index (χ4n) is 5.86. The van der Waals surface area contributed by atoms with Crippen LogP contribution in [0.4, 0.5) is 0 Å². The molecule has 0 radical (unpaired) electrons. The van der Waals surface area contributed by atoms with Gasteiger partial charge in [-0.15, -0.1) is 0 Å². The van der Waals surface area contributed by atoms with Crippen molar-refractivity contribution in [3.05, 3.63) is 127 Å². The molecular weight excluding hydrogens is 450 g/mol. The van der Waals surface area contributed by atoms with Crippen molar-refractivity contribution in [3.63, 3.8) is 0 Å². The molecule has 3 nitrogen and oxygen atoms in total. The Hall–Kier alpha value is -4.89. The summed E-state index contributed by atoms with van der Waals surface area (Å²) >= 11 is 0. The topological polar surface area (TPSA) is 29.9 Å². The molecule has 0 saturated heterocycles. The highest BCUT2D eigenvalue weighted by atomic mass is 15.1. The summed E-state index contributed by atoms with van der Waals surface area (Å²) in [6.45, 7) is 0.808. The summed E-state index contributed by atoms with van der Waals surface area (Å²) in [5, 5.41) is 11.4. The maximum Gasteiger partial charge on any atom is 0.161 e. The van der Waals surface area contributed by atoms with Gasteiger partial charge in [0.1, 0.15) is 0 Å². The van der Waals surface area contributed by atoms with Crippen LogP contribution < -0.4 is 5.32 Å². The summed E-state index contributed by atoms with van der Waals surface area (Å²) < 4.78 is 2.25. The summed E-state index contributed by atoms with van der Waals surface area (Å²) in [5.74, 6) is 0.932. The van der Waals surface area contributed by atoms with Crippen LogP contribution in [0.1, 0.15) is 5.82 Å². The molecule has 3 heteroatoms. The van der Waals surface area contributed by atoms with Crippen LogP contribution in [0.3, 0.4) is 0 Å². The maximum atomic E-state index is 4.98. The van der Waals surface area contributed by atoms with Crippen molar-refractivity contribution in [2.75, 3.05) is 6.54 Å². The van der Waals surface area contributed by atoms with E-state index in [9.17, 15) is 0 Å². The summed E-state index contributed by atoms with van der Waals surface area (Å²) in [5.41, 5.74) is 6.70. The number of nitrogens with one attached hydrogen (secondary N) is 1. The molecule has 0 atom stereocenters. The molecule has 8 rings (SSSR count). The zero-order valence-electron chi connectivity index (χ0n) is 20.1. The van der Waals surface area contributed by atoms with E-state index in [0.29, 0.717) is 0 Å². The molecule has 37 heavy (non-hydrogen) atoms. The number of rotatable bonds is 3. The molecule has 7 aromatic rings. The Morgan fingerprint density at radius 1 is 0.676 bits per heavy atom. The van der Waals surface area contributed by atoms with E-state index in [2.05, 4.69) is 125 Å². The fraction of sp³-hybridized carbons (Fsp3) is 0.0294. The number of para-hydroxylation sites is 2. The number of hydrogen-bond acceptors (Lipinski definition) is 2. The van der Waals surface area contributed by atoms with Crippen molar-refractivity contribution >= 4 is 49.0 Å². The summed E-state index contributed by atoms with van der Waals surface area (Å²) in [4.78, 5) is 4.98. The largest absolute Gasteiger partial charge is 0.379 e. The third-order valence-corrected chi connectivity index (χ3v) is 7.58. The normalized spacial score (nSPS) is 13.6. The van der Waals surface area contributed by atoms with Gasteiger partial charge in [0.25, 0.3) is 0 Å². The molecule has 0 unspecified atom stereocenters. The van der Waals surface area contributed by atoms with Crippen molar-refractivity contribution < 1.29 is 0 Å². The quantitative estimate of drug-likeness (QED) is 0.263. The molecule has 174 valence electrons. The van der Waals surface area contributed by atoms with E-state index in [4.69, 9.17) is 4.98 Å². The minimum absolute atomic E-state index is 0.808. The van der Waals surface area contributed by atoms with Gasteiger partial charge in [-0.3, -0.25) is 4.57 Å². The van der Waals surface area contributed by atoms with Gasteiger partial charge < -0.3 is 5.32 Å². The summed E-state index contributed by atoms with van der Waals surface area (Å²) in [7, 11) is 0. The predicted octanol–water partition coefficient (Wildman–Crippen LogP) is 8.09. The highest BCUT2D eigenvalue weighted by molar-refractivity contribution is 6.25. The van der Waals surface area contributed by atoms with Gasteiger partial charge in [0, 0.05) is 12.2 Å². The molecule has 0 amide bonds. The van der Waals surface area contributed by atoms with Gasteiger partial charge >= 0.3 is 0 Å². The van der Waals surface area contributed by atoms with Crippen molar-refractivity contribution in [2.45, 2.75) is 0 Å². The molecule has 0 saturated carbocycles. The first-order chi connectivity index (χ1) is 18.3. The number of allylic oxidation sites excluding steroid dienone is 2. The second-order valence-corrected chi connectivity index (χ2v) is 9.66. The van der Waals surface area contributed by atoms with Crippen LogP contribution in [0.15, 0.2) is 121 Å². The average molecular weight is 474 g/mol. The number of dihydropyridines is 1. The van der Waals surface area contributed by atoms with Crippen LogP contribution >= 0.6 is 0 Å². The van der Waals surface area contributed by atoms with Crippen LogP contribution in [0.2, 0.25) is 0 Å². The predicted molar refractivity (Wildman–Crippen MR) is 155 cm³/mol. The molecule has 1 N–H and O–H groups in total. The Morgan fingerprint density at radius 3 is 2.24 bits per heavy atom. The highest BCUT2D eigenvalue weighted by Crippen LogP contribution is 2.39. The van der Waals surface area contributed by atoms with Gasteiger partial charge in [-0.25, -0.2) is 4.98 Å². The molecule has 6 aromatic carbocycles. The lowest BCUT2D eigenvalue weighted by Crippen LogP contribution is -2.17. The third kappa shape index (κ3) is 3.04. The number of nitrogens with zero attached hydrogens (tertiary/aromatic N) is 2. The summed E-state index contributed by atoms with van der Waals surface area (Å²) in [6, 6.07) is 37.3.